The number of aromatic nitrogens is 5. The molecule has 0 spiro atoms. The van der Waals surface area contributed by atoms with E-state index >= 15 is 0 Å². The third-order valence-electron chi connectivity index (χ3n) is 7.30. The van der Waals surface area contributed by atoms with Crippen LogP contribution in [0, 0.1) is 0 Å². The van der Waals surface area contributed by atoms with Crippen LogP contribution in [0.3, 0.4) is 0 Å². The summed E-state index contributed by atoms with van der Waals surface area (Å²) in [6.45, 7) is 0. The van der Waals surface area contributed by atoms with Crippen molar-refractivity contribution in [2.24, 2.45) is 12.8 Å². The number of amides is 5. The lowest BCUT2D eigenvalue weighted by molar-refractivity contribution is -0.150. The Labute approximate surface area is 277 Å². The Kier molecular flexibility index (Phi) is 8.30. The maximum atomic E-state index is 13.8. The molecule has 47 heavy (non-hydrogen) atoms. The van der Waals surface area contributed by atoms with Gasteiger partial charge in [0.05, 0.1) is 10.3 Å². The molecule has 1 fully saturated rings. The van der Waals surface area contributed by atoms with E-state index in [1.165, 1.54) is 65.3 Å². The van der Waals surface area contributed by atoms with Gasteiger partial charge in [0.1, 0.15) is 39.3 Å². The fourth-order valence-corrected chi connectivity index (χ4v) is 7.64. The highest BCUT2D eigenvalue weighted by atomic mass is 32.2. The van der Waals surface area contributed by atoms with Crippen LogP contribution in [0.25, 0.3) is 10.2 Å². The third kappa shape index (κ3) is 5.72. The van der Waals surface area contributed by atoms with Gasteiger partial charge in [0.15, 0.2) is 5.82 Å². The number of pyridine rings is 1. The lowest BCUT2D eigenvalue weighted by Crippen LogP contribution is -2.71. The van der Waals surface area contributed by atoms with Crippen molar-refractivity contribution in [1.82, 2.24) is 40.7 Å². The number of nitrogens with one attached hydrogen (secondary N) is 3. The number of rotatable bonds is 9. The molecule has 6 rings (SSSR count). The molecule has 0 aliphatic carbocycles. The van der Waals surface area contributed by atoms with Gasteiger partial charge in [-0.1, -0.05) is 24.4 Å². The van der Waals surface area contributed by atoms with Gasteiger partial charge in [-0.25, -0.2) is 19.3 Å². The first kappa shape index (κ1) is 31.5. The number of aromatic hydroxyl groups is 1. The highest BCUT2D eigenvalue weighted by Crippen LogP contribution is 2.41. The van der Waals surface area contributed by atoms with Crippen LogP contribution < -0.4 is 21.7 Å². The minimum atomic E-state index is -1.45. The first-order valence-electron chi connectivity index (χ1n) is 13.5. The third-order valence-corrected chi connectivity index (χ3v) is 9.83. The predicted molar refractivity (Wildman–Crippen MR) is 171 cm³/mol. The Bertz CT molecular complexity index is 2040. The highest BCUT2D eigenvalue weighted by Gasteiger charge is 2.55. The fraction of sp³-hybridized carbons (Fsp3) is 0.185. The molecule has 17 nitrogen and oxygen atoms in total. The number of fused-ring (bicyclic) bond motifs is 2. The van der Waals surface area contributed by atoms with Crippen molar-refractivity contribution in [3.05, 3.63) is 70.1 Å². The number of aryl methyl sites for hydroxylation is 1. The van der Waals surface area contributed by atoms with Gasteiger partial charge in [-0.15, -0.1) is 28.2 Å². The van der Waals surface area contributed by atoms with Gasteiger partial charge in [0, 0.05) is 30.3 Å². The average molecular weight is 695 g/mol. The molecule has 4 aromatic rings. The highest BCUT2D eigenvalue weighted by molar-refractivity contribution is 8.00. The molecule has 240 valence electrons. The summed E-state index contributed by atoms with van der Waals surface area (Å²) in [4.78, 5) is 70.3. The molecule has 20 heteroatoms. The van der Waals surface area contributed by atoms with Crippen molar-refractivity contribution in [1.29, 1.82) is 0 Å². The van der Waals surface area contributed by atoms with E-state index in [2.05, 4.69) is 36.5 Å². The number of anilines is 1. The summed E-state index contributed by atoms with van der Waals surface area (Å²) in [6, 6.07) is 4.04. The van der Waals surface area contributed by atoms with E-state index in [9.17, 15) is 34.2 Å². The number of carbonyl (C=O) groups excluding carboxylic acids is 4. The largest absolute Gasteiger partial charge is 0.506 e. The standard InChI is InChI=1S/C27H22N10O7S3/c1-36-20(33-34-35-36)19(45)14-9-47-25-16(24(41)37(25)17(14)26(42)43)32-22(40)15(10-3-2-4-11(7-10)30-27(28)44)31-21(39)13-8-29-23-12(18(13)38)5-6-46-23/h2-8,15-16,25H,9H2,1H3,(H,29,38)(H,31,39)(H,32,40)(H,42,43)(H3,28,30,44)/t15?,16?,25-/m0/s1. The van der Waals surface area contributed by atoms with Gasteiger partial charge in [-0.3, -0.25) is 19.3 Å². The summed E-state index contributed by atoms with van der Waals surface area (Å²) in [7, 11) is 1.54. The first-order chi connectivity index (χ1) is 22.5. The predicted octanol–water partition coefficient (Wildman–Crippen LogP) is 0.644. The molecule has 5 heterocycles. The number of hydrogen-bond acceptors (Lipinski definition) is 13. The number of benzene rings is 1. The second kappa shape index (κ2) is 12.4. The molecule has 7 N–H and O–H groups in total. The molecule has 0 bridgehead atoms. The van der Waals surface area contributed by atoms with Gasteiger partial charge in [-0.05, 0) is 39.6 Å². The quantitative estimate of drug-likeness (QED) is 0.0801. The second-order valence-electron chi connectivity index (χ2n) is 10.2. The zero-order valence-electron chi connectivity index (χ0n) is 23.9. The van der Waals surface area contributed by atoms with Crippen LogP contribution in [0.4, 0.5) is 10.5 Å². The maximum absolute atomic E-state index is 13.8. The number of carbonyl (C=O) groups is 5. The van der Waals surface area contributed by atoms with Crippen molar-refractivity contribution >= 4 is 85.8 Å². The van der Waals surface area contributed by atoms with Crippen LogP contribution >= 0.6 is 35.3 Å². The number of nitrogens with zero attached hydrogens (tertiary/aromatic N) is 6. The smallest absolute Gasteiger partial charge is 0.353 e. The Balaban J connectivity index is 1.28. The normalized spacial score (nSPS) is 17.8. The van der Waals surface area contributed by atoms with E-state index < -0.39 is 47.2 Å². The summed E-state index contributed by atoms with van der Waals surface area (Å²) in [5.74, 6) is -3.91. The van der Waals surface area contributed by atoms with Crippen LogP contribution in [-0.2, 0) is 21.4 Å². The molecular formula is C27H22N10O7S3. The minimum Gasteiger partial charge on any atom is -0.506 e. The average Bonchev–Trinajstić information content (AvgIpc) is 3.70. The number of carboxylic acids is 1. The molecular weight excluding hydrogens is 673 g/mol. The van der Waals surface area contributed by atoms with E-state index in [0.29, 0.717) is 10.2 Å². The second-order valence-corrected chi connectivity index (χ2v) is 12.6. The van der Waals surface area contributed by atoms with Crippen LogP contribution in [0.2, 0.25) is 0 Å². The van der Waals surface area contributed by atoms with Gasteiger partial charge in [0.2, 0.25) is 5.91 Å². The lowest BCUT2D eigenvalue weighted by Gasteiger charge is -2.49. The number of thiocarbonyl (C=S) groups is 1. The minimum absolute atomic E-state index is 0.0618. The van der Waals surface area contributed by atoms with Crippen molar-refractivity contribution in [3.8, 4) is 5.75 Å². The molecule has 1 aromatic carbocycles. The molecule has 0 saturated carbocycles. The summed E-state index contributed by atoms with van der Waals surface area (Å²) < 4.78 is 1.28. The van der Waals surface area contributed by atoms with Crippen molar-refractivity contribution in [3.63, 3.8) is 0 Å². The maximum Gasteiger partial charge on any atom is 0.353 e. The number of thioether (sulfide) groups is 1. The molecule has 3 atom stereocenters. The van der Waals surface area contributed by atoms with Gasteiger partial charge < -0.3 is 31.9 Å². The van der Waals surface area contributed by atoms with E-state index in [1.54, 1.807) is 11.4 Å². The number of thiophene rings is 1. The molecule has 2 unspecified atom stereocenters. The Morgan fingerprint density at radius 2 is 2.00 bits per heavy atom. The molecule has 5 amide bonds. The Morgan fingerprint density at radius 3 is 2.70 bits per heavy atom. The van der Waals surface area contributed by atoms with Gasteiger partial charge >= 0.3 is 12.0 Å². The van der Waals surface area contributed by atoms with Crippen molar-refractivity contribution in [2.75, 3.05) is 11.1 Å². The summed E-state index contributed by atoms with van der Waals surface area (Å²) >= 11 is 7.91. The number of urea groups is 1. The number of aliphatic carboxylic acids is 1. The summed E-state index contributed by atoms with van der Waals surface area (Å²) in [6.07, 6.45) is 1.18. The monoisotopic (exact) mass is 694 g/mol. The number of primary amides is 1. The zero-order valence-corrected chi connectivity index (χ0v) is 26.4. The van der Waals surface area contributed by atoms with E-state index in [0.717, 1.165) is 4.90 Å². The van der Waals surface area contributed by atoms with E-state index in [-0.39, 0.29) is 50.3 Å². The van der Waals surface area contributed by atoms with Crippen LogP contribution in [0.1, 0.15) is 27.8 Å². The lowest BCUT2D eigenvalue weighted by atomic mass is 9.99. The zero-order chi connectivity index (χ0) is 33.6. The fourth-order valence-electron chi connectivity index (χ4n) is 5.11. The number of nitrogens with two attached hydrogens (primary N) is 1. The molecule has 0 radical (unpaired) electrons. The molecule has 3 aromatic heterocycles. The first-order valence-corrected chi connectivity index (χ1v) is 15.8. The Morgan fingerprint density at radius 1 is 1.21 bits per heavy atom. The van der Waals surface area contributed by atoms with Gasteiger partial charge in [-0.2, -0.15) is 0 Å². The van der Waals surface area contributed by atoms with Crippen molar-refractivity contribution in [2.45, 2.75) is 17.5 Å². The van der Waals surface area contributed by atoms with Gasteiger partial charge in [0.25, 0.3) is 11.8 Å². The van der Waals surface area contributed by atoms with E-state index in [4.69, 9.17) is 18.0 Å². The number of β-lactam (4-membered cyclic amide) rings is 1. The summed E-state index contributed by atoms with van der Waals surface area (Å²) in [5, 5.41) is 40.7. The molecule has 1 saturated heterocycles. The van der Waals surface area contributed by atoms with E-state index in [1.807, 2.05) is 0 Å². The van der Waals surface area contributed by atoms with Crippen LogP contribution in [0.15, 0.2) is 53.2 Å². The number of tetrazole rings is 1. The number of carboxylic acid groups (broad SMARTS) is 1. The summed E-state index contributed by atoms with van der Waals surface area (Å²) in [5.41, 5.74) is 5.28. The molecule has 2 aliphatic rings. The Hall–Kier alpha value is -5.47. The topological polar surface area (TPSA) is 248 Å². The van der Waals surface area contributed by atoms with Crippen molar-refractivity contribution < 1.29 is 34.2 Å². The van der Waals surface area contributed by atoms with Crippen LogP contribution in [0.5, 0.6) is 5.75 Å². The van der Waals surface area contributed by atoms with Crippen LogP contribution in [-0.4, -0.2) is 92.1 Å². The molecule has 2 aliphatic heterocycles. The SMILES string of the molecule is Cn1nnnc1C(=S)C1=C(C(=O)O)N2C(=O)C(NC(=O)C(NC(=O)c3cnc4sccc4c3O)c3cccc(NC(N)=O)c3)[C@@H]2SC1. The number of hydrogen-bond donors (Lipinski definition) is 6.